The van der Waals surface area contributed by atoms with Crippen LogP contribution in [0.4, 0.5) is 0 Å². The van der Waals surface area contributed by atoms with Gasteiger partial charge in [-0.2, -0.15) is 0 Å². The Morgan fingerprint density at radius 1 is 1.03 bits per heavy atom. The van der Waals surface area contributed by atoms with Crippen LogP contribution in [0.2, 0.25) is 0 Å². The summed E-state index contributed by atoms with van der Waals surface area (Å²) in [7, 11) is 0. The summed E-state index contributed by atoms with van der Waals surface area (Å²) in [5.74, 6) is 0.366. The molecule has 1 saturated carbocycles. The van der Waals surface area contributed by atoms with E-state index < -0.39 is 6.04 Å². The normalized spacial score (nSPS) is 21.9. The second-order valence-electron chi connectivity index (χ2n) is 11.7. The molecule has 6 heteroatoms. The average molecular weight is 508 g/mol. The summed E-state index contributed by atoms with van der Waals surface area (Å²) in [4.78, 5) is 36.3. The van der Waals surface area contributed by atoms with Crippen LogP contribution in [0.3, 0.4) is 0 Å². The molecule has 36 heavy (non-hydrogen) atoms. The van der Waals surface area contributed by atoms with Gasteiger partial charge in [0, 0.05) is 6.42 Å². The molecule has 1 aliphatic carbocycles. The fourth-order valence-electron chi connectivity index (χ4n) is 5.84. The smallest absolute Gasteiger partial charge is 0.328 e. The number of carbonyl (C=O) groups is 3. The first-order valence-corrected chi connectivity index (χ1v) is 15.0. The molecular formula is C30H53NO5. The van der Waals surface area contributed by atoms with Crippen molar-refractivity contribution in [2.24, 2.45) is 17.8 Å². The molecule has 0 bridgehead atoms. The molecule has 208 valence electrons. The van der Waals surface area contributed by atoms with E-state index in [0.717, 1.165) is 25.7 Å². The first-order valence-electron chi connectivity index (χ1n) is 15.0. The monoisotopic (exact) mass is 507 g/mol. The number of ether oxygens (including phenoxy) is 2. The van der Waals surface area contributed by atoms with Gasteiger partial charge in [-0.15, -0.1) is 0 Å². The third kappa shape index (κ3) is 11.6. The molecule has 1 heterocycles. The van der Waals surface area contributed by atoms with Crippen LogP contribution in [0.5, 0.6) is 0 Å². The van der Waals surface area contributed by atoms with Gasteiger partial charge in [-0.3, -0.25) is 9.59 Å². The van der Waals surface area contributed by atoms with Crippen LogP contribution in [0.1, 0.15) is 136 Å². The highest BCUT2D eigenvalue weighted by Gasteiger charge is 2.45. The Morgan fingerprint density at radius 3 is 2.25 bits per heavy atom. The number of hydrogen-bond donors (Lipinski definition) is 1. The van der Waals surface area contributed by atoms with Crippen LogP contribution in [0.25, 0.3) is 0 Å². The van der Waals surface area contributed by atoms with Crippen LogP contribution in [0, 0.1) is 17.8 Å². The summed E-state index contributed by atoms with van der Waals surface area (Å²) in [5, 5.41) is 2.63. The van der Waals surface area contributed by atoms with Crippen molar-refractivity contribution < 1.29 is 23.9 Å². The lowest BCUT2D eigenvalue weighted by Gasteiger charge is -2.39. The lowest BCUT2D eigenvalue weighted by Crippen LogP contribution is -2.48. The average Bonchev–Trinajstić information content (AvgIpc) is 2.86. The molecule has 0 aromatic rings. The highest BCUT2D eigenvalue weighted by molar-refractivity contribution is 5.79. The molecule has 0 aromatic carbocycles. The Hall–Kier alpha value is -1.59. The standard InChI is InChI=1S/C30H53NO5/c1-4-5-6-7-8-9-10-11-15-18-25(35-30(34)27(31-22-32)19-23(2)3)21-28-26(29(33)36-28)20-24-16-13-12-14-17-24/h22-28H,4-21H2,1-3H3,(H,31,32)/t25-,26-,27-,28-/m0/s1. The molecule has 0 aromatic heterocycles. The number of unbranched alkanes of at least 4 members (excludes halogenated alkanes) is 8. The quantitative estimate of drug-likeness (QED) is 0.110. The molecule has 2 fully saturated rings. The van der Waals surface area contributed by atoms with Gasteiger partial charge in [0.25, 0.3) is 0 Å². The van der Waals surface area contributed by atoms with E-state index in [4.69, 9.17) is 9.47 Å². The molecule has 1 aliphatic heterocycles. The van der Waals surface area contributed by atoms with Gasteiger partial charge in [0.2, 0.25) is 6.41 Å². The molecule has 2 rings (SSSR count). The molecule has 2 aliphatic rings. The third-order valence-electron chi connectivity index (χ3n) is 8.00. The van der Waals surface area contributed by atoms with Crippen molar-refractivity contribution in [3.63, 3.8) is 0 Å². The molecule has 6 nitrogen and oxygen atoms in total. The van der Waals surface area contributed by atoms with E-state index in [0.29, 0.717) is 25.2 Å². The Labute approximate surface area is 220 Å². The number of hydrogen-bond acceptors (Lipinski definition) is 5. The van der Waals surface area contributed by atoms with E-state index in [1.165, 1.54) is 77.0 Å². The summed E-state index contributed by atoms with van der Waals surface area (Å²) in [6, 6.07) is -0.630. The van der Waals surface area contributed by atoms with Crippen molar-refractivity contribution in [1.29, 1.82) is 0 Å². The number of esters is 2. The molecule has 1 N–H and O–H groups in total. The zero-order valence-corrected chi connectivity index (χ0v) is 23.3. The van der Waals surface area contributed by atoms with Crippen LogP contribution >= 0.6 is 0 Å². The van der Waals surface area contributed by atoms with E-state index in [1.807, 2.05) is 13.8 Å². The molecule has 1 saturated heterocycles. The largest absolute Gasteiger partial charge is 0.461 e. The first kappa shape index (κ1) is 30.6. The molecule has 4 atom stereocenters. The second kappa shape index (κ2) is 17.8. The van der Waals surface area contributed by atoms with Gasteiger partial charge >= 0.3 is 11.9 Å². The predicted molar refractivity (Wildman–Crippen MR) is 143 cm³/mol. The summed E-state index contributed by atoms with van der Waals surface area (Å²) < 4.78 is 11.5. The minimum Gasteiger partial charge on any atom is -0.461 e. The topological polar surface area (TPSA) is 81.7 Å². The highest BCUT2D eigenvalue weighted by Crippen LogP contribution is 2.37. The fraction of sp³-hybridized carbons (Fsp3) is 0.900. The van der Waals surface area contributed by atoms with Gasteiger partial charge in [-0.1, -0.05) is 104 Å². The molecule has 0 unspecified atom stereocenters. The van der Waals surface area contributed by atoms with E-state index in [-0.39, 0.29) is 36.0 Å². The maximum absolute atomic E-state index is 12.9. The van der Waals surface area contributed by atoms with Crippen LogP contribution in [0.15, 0.2) is 0 Å². The summed E-state index contributed by atoms with van der Waals surface area (Å²) in [6.07, 6.45) is 20.4. The number of cyclic esters (lactones) is 1. The zero-order valence-electron chi connectivity index (χ0n) is 23.3. The van der Waals surface area contributed by atoms with Crippen molar-refractivity contribution in [2.45, 2.75) is 155 Å². The molecule has 0 radical (unpaired) electrons. The second-order valence-corrected chi connectivity index (χ2v) is 11.7. The molecule has 1 amide bonds. The first-order chi connectivity index (χ1) is 17.4. The molecular weight excluding hydrogens is 454 g/mol. The van der Waals surface area contributed by atoms with Crippen molar-refractivity contribution in [3.05, 3.63) is 0 Å². The minimum atomic E-state index is -0.630. The van der Waals surface area contributed by atoms with E-state index >= 15 is 0 Å². The third-order valence-corrected chi connectivity index (χ3v) is 8.00. The lowest BCUT2D eigenvalue weighted by molar-refractivity contribution is -0.191. The highest BCUT2D eigenvalue weighted by atomic mass is 16.6. The van der Waals surface area contributed by atoms with Gasteiger partial charge in [-0.05, 0) is 37.5 Å². The van der Waals surface area contributed by atoms with Crippen molar-refractivity contribution in [3.8, 4) is 0 Å². The Balaban J connectivity index is 1.87. The number of nitrogens with one attached hydrogen (secondary N) is 1. The molecule has 0 spiro atoms. The van der Waals surface area contributed by atoms with Crippen molar-refractivity contribution in [1.82, 2.24) is 5.32 Å². The minimum absolute atomic E-state index is 0.0583. The fourth-order valence-corrected chi connectivity index (χ4v) is 5.84. The van der Waals surface area contributed by atoms with Crippen molar-refractivity contribution >= 4 is 18.3 Å². The zero-order chi connectivity index (χ0) is 26.2. The summed E-state index contributed by atoms with van der Waals surface area (Å²) >= 11 is 0. The van der Waals surface area contributed by atoms with Crippen LogP contribution in [-0.4, -0.2) is 36.6 Å². The predicted octanol–water partition coefficient (Wildman–Crippen LogP) is 6.88. The van der Waals surface area contributed by atoms with Gasteiger partial charge < -0.3 is 14.8 Å². The number of rotatable bonds is 20. The van der Waals surface area contributed by atoms with Crippen LogP contribution < -0.4 is 5.32 Å². The van der Waals surface area contributed by atoms with Gasteiger partial charge in [0.1, 0.15) is 18.2 Å². The Kier molecular flexibility index (Phi) is 15.1. The SMILES string of the molecule is CCCCCCCCCCC[C@@H](C[C@@H]1OC(=O)[C@H]1CC1CCCCC1)OC(=O)[C@H](CC(C)C)NC=O. The van der Waals surface area contributed by atoms with E-state index in [9.17, 15) is 14.4 Å². The van der Waals surface area contributed by atoms with Crippen LogP contribution in [-0.2, 0) is 23.9 Å². The maximum atomic E-state index is 12.9. The van der Waals surface area contributed by atoms with Gasteiger partial charge in [0.05, 0.1) is 5.92 Å². The Bertz CT molecular complexity index is 631. The Morgan fingerprint density at radius 2 is 1.67 bits per heavy atom. The lowest BCUT2D eigenvalue weighted by atomic mass is 9.78. The van der Waals surface area contributed by atoms with Crippen molar-refractivity contribution in [2.75, 3.05) is 0 Å². The number of carbonyl (C=O) groups excluding carboxylic acids is 3. The summed E-state index contributed by atoms with van der Waals surface area (Å²) in [5.41, 5.74) is 0. The van der Waals surface area contributed by atoms with E-state index in [1.54, 1.807) is 0 Å². The van der Waals surface area contributed by atoms with E-state index in [2.05, 4.69) is 12.2 Å². The van der Waals surface area contributed by atoms with Gasteiger partial charge in [0.15, 0.2) is 0 Å². The maximum Gasteiger partial charge on any atom is 0.328 e. The van der Waals surface area contributed by atoms with Gasteiger partial charge in [-0.25, -0.2) is 4.79 Å². The summed E-state index contributed by atoms with van der Waals surface area (Å²) in [6.45, 7) is 6.29. The number of amides is 1.